The summed E-state index contributed by atoms with van der Waals surface area (Å²) in [6, 6.07) is 9.60. The second kappa shape index (κ2) is 3.93. The molecule has 0 bridgehead atoms. The molecule has 0 aliphatic carbocycles. The quantitative estimate of drug-likeness (QED) is 0.777. The van der Waals surface area contributed by atoms with Gasteiger partial charge < -0.3 is 5.11 Å². The Labute approximate surface area is 92.0 Å². The van der Waals surface area contributed by atoms with Gasteiger partial charge in [-0.1, -0.05) is 29.8 Å². The molecule has 0 amide bonds. The van der Waals surface area contributed by atoms with Gasteiger partial charge in [-0.15, -0.1) is 0 Å². The van der Waals surface area contributed by atoms with Crippen molar-refractivity contribution in [2.45, 2.75) is 6.92 Å². The number of rotatable bonds is 1. The lowest BCUT2D eigenvalue weighted by atomic mass is 10.0. The number of hydrogen-bond acceptors (Lipinski definition) is 1. The van der Waals surface area contributed by atoms with Crippen LogP contribution in [-0.4, -0.2) is 5.11 Å². The van der Waals surface area contributed by atoms with Gasteiger partial charge >= 0.3 is 0 Å². The molecule has 2 aromatic rings. The van der Waals surface area contributed by atoms with E-state index in [2.05, 4.69) is 0 Å². The van der Waals surface area contributed by atoms with Gasteiger partial charge in [0, 0.05) is 0 Å². The van der Waals surface area contributed by atoms with Crippen molar-refractivity contribution in [2.75, 3.05) is 0 Å². The SMILES string of the molecule is Cc1ccc(-c2cc(O)c(F)c(F)c2)cc1. The first-order valence-corrected chi connectivity index (χ1v) is 4.83. The highest BCUT2D eigenvalue weighted by Crippen LogP contribution is 2.27. The first kappa shape index (κ1) is 10.6. The molecule has 1 nitrogen and oxygen atoms in total. The molecule has 0 aromatic heterocycles. The van der Waals surface area contributed by atoms with E-state index in [-0.39, 0.29) is 0 Å². The van der Waals surface area contributed by atoms with Gasteiger partial charge in [0.05, 0.1) is 0 Å². The van der Waals surface area contributed by atoms with Gasteiger partial charge in [0.1, 0.15) is 0 Å². The number of aromatic hydroxyl groups is 1. The molecule has 0 spiro atoms. The van der Waals surface area contributed by atoms with E-state index in [4.69, 9.17) is 0 Å². The van der Waals surface area contributed by atoms with E-state index in [0.29, 0.717) is 5.56 Å². The third-order valence-electron chi connectivity index (χ3n) is 2.39. The zero-order valence-electron chi connectivity index (χ0n) is 8.67. The van der Waals surface area contributed by atoms with E-state index in [1.54, 1.807) is 12.1 Å². The van der Waals surface area contributed by atoms with Crippen molar-refractivity contribution in [3.63, 3.8) is 0 Å². The summed E-state index contributed by atoms with van der Waals surface area (Å²) in [5.41, 5.74) is 2.27. The highest BCUT2D eigenvalue weighted by Gasteiger charge is 2.10. The summed E-state index contributed by atoms with van der Waals surface area (Å²) in [4.78, 5) is 0. The summed E-state index contributed by atoms with van der Waals surface area (Å²) in [7, 11) is 0. The van der Waals surface area contributed by atoms with Crippen LogP contribution in [0.4, 0.5) is 8.78 Å². The van der Waals surface area contributed by atoms with Crippen molar-refractivity contribution in [1.29, 1.82) is 0 Å². The maximum atomic E-state index is 13.1. The van der Waals surface area contributed by atoms with Gasteiger partial charge in [0.25, 0.3) is 0 Å². The molecule has 82 valence electrons. The van der Waals surface area contributed by atoms with Gasteiger partial charge in [-0.3, -0.25) is 0 Å². The number of phenolic OH excluding ortho intramolecular Hbond substituents is 1. The molecule has 0 heterocycles. The molecule has 0 fully saturated rings. The molecule has 0 aliphatic rings. The van der Waals surface area contributed by atoms with Crippen molar-refractivity contribution in [2.24, 2.45) is 0 Å². The summed E-state index contributed by atoms with van der Waals surface area (Å²) in [6.45, 7) is 1.94. The minimum absolute atomic E-state index is 0.455. The minimum atomic E-state index is -1.21. The van der Waals surface area contributed by atoms with Crippen molar-refractivity contribution in [3.05, 3.63) is 53.6 Å². The lowest BCUT2D eigenvalue weighted by Gasteiger charge is -2.04. The first-order chi connectivity index (χ1) is 7.58. The highest BCUT2D eigenvalue weighted by atomic mass is 19.2. The summed E-state index contributed by atoms with van der Waals surface area (Å²) in [5.74, 6) is -2.93. The lowest BCUT2D eigenvalue weighted by molar-refractivity contribution is 0.407. The van der Waals surface area contributed by atoms with Gasteiger partial charge in [0.2, 0.25) is 0 Å². The van der Waals surface area contributed by atoms with Crippen LogP contribution in [0.25, 0.3) is 11.1 Å². The standard InChI is InChI=1S/C13H10F2O/c1-8-2-4-9(5-3-8)10-6-11(14)13(15)12(16)7-10/h2-7,16H,1H3. The molecule has 1 N–H and O–H groups in total. The van der Waals surface area contributed by atoms with Gasteiger partial charge in [0.15, 0.2) is 17.4 Å². The van der Waals surface area contributed by atoms with Crippen LogP contribution in [0.5, 0.6) is 5.75 Å². The molecule has 0 aliphatic heterocycles. The third-order valence-corrected chi connectivity index (χ3v) is 2.39. The average molecular weight is 220 g/mol. The Bertz CT molecular complexity index is 495. The summed E-state index contributed by atoms with van der Waals surface area (Å²) in [6.07, 6.45) is 0. The van der Waals surface area contributed by atoms with E-state index in [9.17, 15) is 13.9 Å². The lowest BCUT2D eigenvalue weighted by Crippen LogP contribution is -1.87. The fourth-order valence-corrected chi connectivity index (χ4v) is 1.49. The Morgan fingerprint density at radius 1 is 0.938 bits per heavy atom. The number of halogens is 2. The summed E-state index contributed by atoms with van der Waals surface area (Å²) in [5, 5.41) is 9.18. The van der Waals surface area contributed by atoms with Crippen LogP contribution in [0.2, 0.25) is 0 Å². The maximum absolute atomic E-state index is 13.1. The van der Waals surface area contributed by atoms with E-state index in [0.717, 1.165) is 17.2 Å². The van der Waals surface area contributed by atoms with Crippen LogP contribution < -0.4 is 0 Å². The molecule has 0 saturated carbocycles. The Kier molecular flexibility index (Phi) is 2.60. The highest BCUT2D eigenvalue weighted by molar-refractivity contribution is 5.65. The number of benzene rings is 2. The predicted octanol–water partition coefficient (Wildman–Crippen LogP) is 3.65. The van der Waals surface area contributed by atoms with Crippen LogP contribution in [0.15, 0.2) is 36.4 Å². The normalized spacial score (nSPS) is 10.4. The monoisotopic (exact) mass is 220 g/mol. The summed E-state index contributed by atoms with van der Waals surface area (Å²) < 4.78 is 25.9. The van der Waals surface area contributed by atoms with Gasteiger partial charge in [-0.25, -0.2) is 4.39 Å². The number of aryl methyl sites for hydroxylation is 1. The molecule has 2 rings (SSSR count). The molecule has 0 saturated heterocycles. The van der Waals surface area contributed by atoms with Crippen LogP contribution in [-0.2, 0) is 0 Å². The molecular weight excluding hydrogens is 210 g/mol. The Hall–Kier alpha value is -1.90. The van der Waals surface area contributed by atoms with Crippen molar-refractivity contribution >= 4 is 0 Å². The van der Waals surface area contributed by atoms with Crippen LogP contribution >= 0.6 is 0 Å². The minimum Gasteiger partial charge on any atom is -0.505 e. The van der Waals surface area contributed by atoms with E-state index >= 15 is 0 Å². The van der Waals surface area contributed by atoms with E-state index < -0.39 is 17.4 Å². The first-order valence-electron chi connectivity index (χ1n) is 4.83. The smallest absolute Gasteiger partial charge is 0.200 e. The van der Waals surface area contributed by atoms with Crippen LogP contribution in [0, 0.1) is 18.6 Å². The summed E-state index contributed by atoms with van der Waals surface area (Å²) >= 11 is 0. The topological polar surface area (TPSA) is 20.2 Å². The molecule has 0 atom stereocenters. The second-order valence-corrected chi connectivity index (χ2v) is 3.66. The van der Waals surface area contributed by atoms with Crippen molar-refractivity contribution in [1.82, 2.24) is 0 Å². The fraction of sp³-hybridized carbons (Fsp3) is 0.0769. The zero-order chi connectivity index (χ0) is 11.7. The van der Waals surface area contributed by atoms with E-state index in [1.807, 2.05) is 19.1 Å². The van der Waals surface area contributed by atoms with Gasteiger partial charge in [-0.05, 0) is 30.2 Å². The average Bonchev–Trinajstić information content (AvgIpc) is 2.26. The molecule has 3 heteroatoms. The maximum Gasteiger partial charge on any atom is 0.200 e. The molecule has 0 unspecified atom stereocenters. The third kappa shape index (κ3) is 1.89. The van der Waals surface area contributed by atoms with Gasteiger partial charge in [-0.2, -0.15) is 4.39 Å². The number of phenols is 1. The fourth-order valence-electron chi connectivity index (χ4n) is 1.49. The number of hydrogen-bond donors (Lipinski definition) is 1. The van der Waals surface area contributed by atoms with Crippen LogP contribution in [0.3, 0.4) is 0 Å². The van der Waals surface area contributed by atoms with Crippen LogP contribution in [0.1, 0.15) is 5.56 Å². The Balaban J connectivity index is 2.52. The zero-order valence-corrected chi connectivity index (χ0v) is 8.67. The molecule has 0 radical (unpaired) electrons. The van der Waals surface area contributed by atoms with Crippen molar-refractivity contribution in [3.8, 4) is 16.9 Å². The van der Waals surface area contributed by atoms with E-state index in [1.165, 1.54) is 6.07 Å². The van der Waals surface area contributed by atoms with Crippen molar-refractivity contribution < 1.29 is 13.9 Å². The molecule has 2 aromatic carbocycles. The Morgan fingerprint density at radius 3 is 2.12 bits per heavy atom. The largest absolute Gasteiger partial charge is 0.505 e. The molecular formula is C13H10F2O. The second-order valence-electron chi connectivity index (χ2n) is 3.66. The molecule has 16 heavy (non-hydrogen) atoms. The predicted molar refractivity (Wildman–Crippen MR) is 58.2 cm³/mol. The Morgan fingerprint density at radius 2 is 1.56 bits per heavy atom.